The summed E-state index contributed by atoms with van der Waals surface area (Å²) in [6, 6.07) is 7.69. The van der Waals surface area contributed by atoms with Crippen LogP contribution in [0.2, 0.25) is 0 Å². The van der Waals surface area contributed by atoms with E-state index in [2.05, 4.69) is 12.6 Å². The van der Waals surface area contributed by atoms with E-state index < -0.39 is 0 Å². The predicted molar refractivity (Wildman–Crippen MR) is 72.6 cm³/mol. The van der Waals surface area contributed by atoms with Crippen LogP contribution in [0.5, 0.6) is 11.5 Å². The van der Waals surface area contributed by atoms with Crippen LogP contribution < -0.4 is 9.47 Å². The van der Waals surface area contributed by atoms with Gasteiger partial charge in [0.25, 0.3) is 0 Å². The van der Waals surface area contributed by atoms with E-state index in [-0.39, 0.29) is 0 Å². The third kappa shape index (κ3) is 3.67. The lowest BCUT2D eigenvalue weighted by Gasteiger charge is -2.07. The van der Waals surface area contributed by atoms with Gasteiger partial charge in [0.15, 0.2) is 0 Å². The Kier molecular flexibility index (Phi) is 5.53. The van der Waals surface area contributed by atoms with Gasteiger partial charge < -0.3 is 9.47 Å². The van der Waals surface area contributed by atoms with E-state index in [0.29, 0.717) is 12.0 Å². The summed E-state index contributed by atoms with van der Waals surface area (Å²) in [5.41, 5.74) is 1.54. The van der Waals surface area contributed by atoms with Crippen molar-refractivity contribution in [2.75, 3.05) is 14.2 Å². The Balaban J connectivity index is 3.09. The molecule has 0 aliphatic rings. The van der Waals surface area contributed by atoms with E-state index in [4.69, 9.17) is 14.7 Å². The molecule has 0 unspecified atom stereocenters. The zero-order valence-electron chi connectivity index (χ0n) is 10.8. The van der Waals surface area contributed by atoms with Crippen LogP contribution in [-0.2, 0) is 0 Å². The molecule has 0 radical (unpaired) electrons. The first kappa shape index (κ1) is 13.9. The third-order valence-electron chi connectivity index (χ3n) is 2.53. The molecule has 0 amide bonds. The number of methoxy groups -OCH3 is 2. The van der Waals surface area contributed by atoms with Crippen LogP contribution in [0.4, 0.5) is 0 Å². The second-order valence-corrected chi connectivity index (χ2v) is 3.72. The highest BCUT2D eigenvalue weighted by atomic mass is 16.5. The van der Waals surface area contributed by atoms with E-state index in [1.165, 1.54) is 0 Å². The molecule has 0 spiro atoms. The van der Waals surface area contributed by atoms with Gasteiger partial charge in [0.1, 0.15) is 11.5 Å². The van der Waals surface area contributed by atoms with Crippen LogP contribution in [-0.4, -0.2) is 14.2 Å². The maximum Gasteiger partial charge on any atom is 0.126 e. The molecule has 0 saturated heterocycles. The standard InChI is InChI=1S/C15H17NO2/c1-4-5-6-12(11-16)9-13-10-14(17-2)7-8-15(13)18-3/h4,7-10H,1,5-6H2,2-3H3/b12-9-. The third-order valence-corrected chi connectivity index (χ3v) is 2.53. The molecule has 0 N–H and O–H groups in total. The summed E-state index contributed by atoms with van der Waals surface area (Å²) in [5, 5.41) is 9.08. The van der Waals surface area contributed by atoms with Gasteiger partial charge in [-0.15, -0.1) is 6.58 Å². The first-order valence-electron chi connectivity index (χ1n) is 5.68. The van der Waals surface area contributed by atoms with Crippen LogP contribution in [0.15, 0.2) is 36.4 Å². The topological polar surface area (TPSA) is 42.2 Å². The van der Waals surface area contributed by atoms with Crippen LogP contribution in [0.3, 0.4) is 0 Å². The molecule has 0 aliphatic heterocycles. The van der Waals surface area contributed by atoms with E-state index in [1.807, 2.05) is 24.3 Å². The molecule has 0 aliphatic carbocycles. The lowest BCUT2D eigenvalue weighted by molar-refractivity contribution is 0.402. The minimum Gasteiger partial charge on any atom is -0.497 e. The van der Waals surface area contributed by atoms with Crippen molar-refractivity contribution in [2.45, 2.75) is 12.8 Å². The van der Waals surface area contributed by atoms with Crippen LogP contribution in [0, 0.1) is 11.3 Å². The molecule has 3 nitrogen and oxygen atoms in total. The molecular formula is C15H17NO2. The summed E-state index contributed by atoms with van der Waals surface area (Å²) in [5.74, 6) is 1.46. The fraction of sp³-hybridized carbons (Fsp3) is 0.267. The molecule has 0 heterocycles. The van der Waals surface area contributed by atoms with Gasteiger partial charge in [-0.25, -0.2) is 0 Å². The molecular weight excluding hydrogens is 226 g/mol. The zero-order chi connectivity index (χ0) is 13.4. The number of allylic oxidation sites excluding steroid dienone is 2. The van der Waals surface area contributed by atoms with Crippen molar-refractivity contribution in [3.63, 3.8) is 0 Å². The summed E-state index contributed by atoms with van der Waals surface area (Å²) < 4.78 is 10.4. The van der Waals surface area contributed by atoms with Crippen LogP contribution >= 0.6 is 0 Å². The van der Waals surface area contributed by atoms with E-state index >= 15 is 0 Å². The van der Waals surface area contributed by atoms with Crippen molar-refractivity contribution in [3.8, 4) is 17.6 Å². The molecule has 0 aromatic heterocycles. The van der Waals surface area contributed by atoms with Gasteiger partial charge in [0.2, 0.25) is 0 Å². The largest absolute Gasteiger partial charge is 0.497 e. The maximum atomic E-state index is 9.08. The van der Waals surface area contributed by atoms with Gasteiger partial charge in [-0.2, -0.15) is 5.26 Å². The van der Waals surface area contributed by atoms with E-state index in [1.54, 1.807) is 20.3 Å². The smallest absolute Gasteiger partial charge is 0.126 e. The first-order valence-corrected chi connectivity index (χ1v) is 5.68. The van der Waals surface area contributed by atoms with Crippen LogP contribution in [0.1, 0.15) is 18.4 Å². The van der Waals surface area contributed by atoms with Crippen molar-refractivity contribution < 1.29 is 9.47 Å². The number of hydrogen-bond donors (Lipinski definition) is 0. The second kappa shape index (κ2) is 7.18. The summed E-state index contributed by atoms with van der Waals surface area (Å²) in [7, 11) is 3.22. The second-order valence-electron chi connectivity index (χ2n) is 3.72. The molecule has 0 fully saturated rings. The highest BCUT2D eigenvalue weighted by Gasteiger charge is 2.04. The Morgan fingerprint density at radius 1 is 1.39 bits per heavy atom. The molecule has 1 aromatic rings. The average Bonchev–Trinajstić information content (AvgIpc) is 2.43. The van der Waals surface area contributed by atoms with Gasteiger partial charge in [0, 0.05) is 11.1 Å². The number of rotatable bonds is 6. The fourth-order valence-electron chi connectivity index (χ4n) is 1.56. The van der Waals surface area contributed by atoms with Crippen molar-refractivity contribution in [1.29, 1.82) is 5.26 Å². The Hall–Kier alpha value is -2.21. The Morgan fingerprint density at radius 3 is 2.72 bits per heavy atom. The van der Waals surface area contributed by atoms with Crippen LogP contribution in [0.25, 0.3) is 6.08 Å². The number of ether oxygens (including phenoxy) is 2. The lowest BCUT2D eigenvalue weighted by Crippen LogP contribution is -1.90. The molecule has 0 saturated carbocycles. The van der Waals surface area contributed by atoms with Gasteiger partial charge in [-0.1, -0.05) is 6.08 Å². The summed E-state index contributed by atoms with van der Waals surface area (Å²) >= 11 is 0. The van der Waals surface area contributed by atoms with Crippen molar-refractivity contribution >= 4 is 6.08 Å². The van der Waals surface area contributed by atoms with Gasteiger partial charge in [-0.05, 0) is 37.1 Å². The number of hydrogen-bond acceptors (Lipinski definition) is 3. The highest BCUT2D eigenvalue weighted by molar-refractivity contribution is 5.64. The van der Waals surface area contributed by atoms with Gasteiger partial charge in [0.05, 0.1) is 20.3 Å². The fourth-order valence-corrected chi connectivity index (χ4v) is 1.56. The Labute approximate surface area is 108 Å². The van der Waals surface area contributed by atoms with E-state index in [9.17, 15) is 0 Å². The summed E-state index contributed by atoms with van der Waals surface area (Å²) in [6.45, 7) is 3.65. The average molecular weight is 243 g/mol. The van der Waals surface area contributed by atoms with Gasteiger partial charge >= 0.3 is 0 Å². The molecule has 0 bridgehead atoms. The zero-order valence-corrected chi connectivity index (χ0v) is 10.8. The van der Waals surface area contributed by atoms with Crippen molar-refractivity contribution in [3.05, 3.63) is 42.0 Å². The van der Waals surface area contributed by atoms with Crippen molar-refractivity contribution in [1.82, 2.24) is 0 Å². The van der Waals surface area contributed by atoms with E-state index in [0.717, 1.165) is 23.5 Å². The molecule has 18 heavy (non-hydrogen) atoms. The highest BCUT2D eigenvalue weighted by Crippen LogP contribution is 2.26. The lowest BCUT2D eigenvalue weighted by atomic mass is 10.1. The molecule has 94 valence electrons. The van der Waals surface area contributed by atoms with Gasteiger partial charge in [-0.3, -0.25) is 0 Å². The number of benzene rings is 1. The quantitative estimate of drug-likeness (QED) is 0.566. The Morgan fingerprint density at radius 2 is 2.17 bits per heavy atom. The minimum atomic E-state index is 0.681. The minimum absolute atomic E-state index is 0.681. The molecule has 1 aromatic carbocycles. The Bertz CT molecular complexity index is 484. The summed E-state index contributed by atoms with van der Waals surface area (Å²) in [4.78, 5) is 0. The molecule has 3 heteroatoms. The first-order chi connectivity index (χ1) is 8.74. The SMILES string of the molecule is C=CCC/C(C#N)=C/c1cc(OC)ccc1OC. The maximum absolute atomic E-state index is 9.08. The monoisotopic (exact) mass is 243 g/mol. The summed E-state index contributed by atoms with van der Waals surface area (Å²) in [6.07, 6.45) is 5.09. The van der Waals surface area contributed by atoms with Crippen molar-refractivity contribution in [2.24, 2.45) is 0 Å². The normalized spacial score (nSPS) is 10.6. The molecule has 0 atom stereocenters. The number of nitriles is 1. The molecule has 1 rings (SSSR count). The number of nitrogens with zero attached hydrogens (tertiary/aromatic N) is 1. The predicted octanol–water partition coefficient (Wildman–Crippen LogP) is 3.58.